The Hall–Kier alpha value is -3.00. The van der Waals surface area contributed by atoms with Gasteiger partial charge in [-0.1, -0.05) is 44.5 Å². The van der Waals surface area contributed by atoms with Crippen molar-refractivity contribution in [2.24, 2.45) is 5.41 Å². The molecular weight excluding hydrogens is 376 g/mol. The van der Waals surface area contributed by atoms with E-state index in [1.54, 1.807) is 24.3 Å². The van der Waals surface area contributed by atoms with E-state index in [0.717, 1.165) is 5.56 Å². The Bertz CT molecular complexity index is 876. The number of carbonyl (C=O) groups is 1. The highest BCUT2D eigenvalue weighted by Gasteiger charge is 2.27. The van der Waals surface area contributed by atoms with Gasteiger partial charge in [-0.2, -0.15) is 0 Å². The molecule has 0 radical (unpaired) electrons. The van der Waals surface area contributed by atoms with Gasteiger partial charge >= 0.3 is 0 Å². The summed E-state index contributed by atoms with van der Waals surface area (Å²) in [4.78, 5) is 23.0. The Morgan fingerprint density at radius 1 is 1.11 bits per heavy atom. The average molecular weight is 401 g/mol. The zero-order valence-electron chi connectivity index (χ0n) is 16.3. The lowest BCUT2D eigenvalue weighted by Gasteiger charge is -2.33. The van der Waals surface area contributed by atoms with E-state index in [-0.39, 0.29) is 22.1 Å². The second kappa shape index (κ2) is 8.79. The van der Waals surface area contributed by atoms with E-state index in [4.69, 9.17) is 12.2 Å². The van der Waals surface area contributed by atoms with Crippen LogP contribution in [0.1, 0.15) is 36.7 Å². The zero-order chi connectivity index (χ0) is 20.9. The third kappa shape index (κ3) is 6.02. The molecule has 0 saturated carbocycles. The van der Waals surface area contributed by atoms with E-state index < -0.39 is 11.1 Å². The fraction of sp³-hybridized carbons (Fsp3) is 0.300. The molecule has 148 valence electrons. The van der Waals surface area contributed by atoms with Crippen LogP contribution in [0.15, 0.2) is 48.5 Å². The van der Waals surface area contributed by atoms with Gasteiger partial charge < -0.3 is 16.0 Å². The van der Waals surface area contributed by atoms with Gasteiger partial charge in [0.1, 0.15) is 6.17 Å². The second-order valence-electron chi connectivity index (χ2n) is 7.54. The minimum atomic E-state index is -0.471. The Kier molecular flexibility index (Phi) is 6.69. The molecule has 3 N–H and O–H groups in total. The van der Waals surface area contributed by atoms with Crippen molar-refractivity contribution in [2.75, 3.05) is 5.32 Å². The van der Waals surface area contributed by atoms with Crippen LogP contribution in [-0.4, -0.2) is 22.1 Å². The molecule has 0 spiro atoms. The number of hydrogen-bond acceptors (Lipinski definition) is 4. The van der Waals surface area contributed by atoms with Crippen molar-refractivity contribution < 1.29 is 9.72 Å². The molecule has 28 heavy (non-hydrogen) atoms. The maximum absolute atomic E-state index is 12.6. The zero-order valence-corrected chi connectivity index (χ0v) is 17.1. The highest BCUT2D eigenvalue weighted by Crippen LogP contribution is 2.20. The van der Waals surface area contributed by atoms with Crippen molar-refractivity contribution in [2.45, 2.75) is 33.9 Å². The Labute approximate surface area is 169 Å². The minimum absolute atomic E-state index is 0.0344. The number of nitro benzene ring substituents is 1. The molecule has 2 aromatic carbocycles. The van der Waals surface area contributed by atoms with E-state index in [9.17, 15) is 14.9 Å². The third-order valence-electron chi connectivity index (χ3n) is 4.05. The van der Waals surface area contributed by atoms with Crippen LogP contribution >= 0.6 is 12.2 Å². The molecule has 0 heterocycles. The number of rotatable bonds is 5. The number of non-ortho nitro benzene ring substituents is 1. The first kappa shape index (κ1) is 21.3. The smallest absolute Gasteiger partial charge is 0.271 e. The van der Waals surface area contributed by atoms with Gasteiger partial charge in [-0.15, -0.1) is 0 Å². The van der Waals surface area contributed by atoms with Gasteiger partial charge in [0.25, 0.3) is 11.6 Å². The minimum Gasteiger partial charge on any atom is -0.342 e. The van der Waals surface area contributed by atoms with Gasteiger partial charge in [0.2, 0.25) is 0 Å². The molecule has 2 aromatic rings. The van der Waals surface area contributed by atoms with Gasteiger partial charge in [-0.3, -0.25) is 14.9 Å². The predicted octanol–water partition coefficient (Wildman–Crippen LogP) is 3.99. The van der Waals surface area contributed by atoms with Gasteiger partial charge in [0, 0.05) is 28.8 Å². The van der Waals surface area contributed by atoms with E-state index in [1.807, 2.05) is 39.8 Å². The molecule has 7 nitrogen and oxygen atoms in total. The first-order valence-corrected chi connectivity index (χ1v) is 9.16. The summed E-state index contributed by atoms with van der Waals surface area (Å²) < 4.78 is 0. The normalized spacial score (nSPS) is 12.0. The first-order chi connectivity index (χ1) is 13.1. The molecule has 0 saturated heterocycles. The van der Waals surface area contributed by atoms with Crippen molar-refractivity contribution >= 4 is 34.6 Å². The lowest BCUT2D eigenvalue weighted by atomic mass is 9.92. The number of carbonyl (C=O) groups excluding carboxylic acids is 1. The molecular formula is C20H24N4O3S. The predicted molar refractivity (Wildman–Crippen MR) is 114 cm³/mol. The second-order valence-corrected chi connectivity index (χ2v) is 7.95. The van der Waals surface area contributed by atoms with Gasteiger partial charge in [0.05, 0.1) is 4.92 Å². The summed E-state index contributed by atoms with van der Waals surface area (Å²) in [5, 5.41) is 20.1. The SMILES string of the molecule is Cc1ccc(C(=O)NC(NC(=S)Nc2cccc([N+](=O)[O-])c2)C(C)(C)C)cc1. The molecule has 1 atom stereocenters. The van der Waals surface area contributed by atoms with Crippen LogP contribution < -0.4 is 16.0 Å². The number of aryl methyl sites for hydroxylation is 1. The average Bonchev–Trinajstić information content (AvgIpc) is 2.61. The quantitative estimate of drug-likeness (QED) is 0.304. The summed E-state index contributed by atoms with van der Waals surface area (Å²) >= 11 is 5.33. The molecule has 0 bridgehead atoms. The van der Waals surface area contributed by atoms with Crippen molar-refractivity contribution in [1.29, 1.82) is 0 Å². The topological polar surface area (TPSA) is 96.3 Å². The number of hydrogen-bond donors (Lipinski definition) is 3. The van der Waals surface area contributed by atoms with Crippen LogP contribution in [0.4, 0.5) is 11.4 Å². The summed E-state index contributed by atoms with van der Waals surface area (Å²) in [5.41, 5.74) is 1.75. The summed E-state index contributed by atoms with van der Waals surface area (Å²) in [5.74, 6) is -0.217. The molecule has 1 amide bonds. The van der Waals surface area contributed by atoms with Gasteiger partial charge in [-0.05, 0) is 37.3 Å². The van der Waals surface area contributed by atoms with Crippen molar-refractivity contribution in [1.82, 2.24) is 10.6 Å². The summed E-state index contributed by atoms with van der Waals surface area (Å²) in [6.07, 6.45) is -0.458. The standard InChI is InChI=1S/C20H24N4O3S/c1-13-8-10-14(11-9-13)17(25)22-18(20(2,3)4)23-19(28)21-15-6-5-7-16(12-15)24(26)27/h5-12,18H,1-4H3,(H,22,25)(H2,21,23,28). The van der Waals surface area contributed by atoms with Gasteiger partial charge in [-0.25, -0.2) is 0 Å². The summed E-state index contributed by atoms with van der Waals surface area (Å²) in [7, 11) is 0. The fourth-order valence-corrected chi connectivity index (χ4v) is 2.62. The Morgan fingerprint density at radius 2 is 1.75 bits per heavy atom. The molecule has 0 fully saturated rings. The van der Waals surface area contributed by atoms with Crippen LogP contribution in [0.25, 0.3) is 0 Å². The van der Waals surface area contributed by atoms with Crippen LogP contribution in [-0.2, 0) is 0 Å². The highest BCUT2D eigenvalue weighted by atomic mass is 32.1. The Morgan fingerprint density at radius 3 is 2.32 bits per heavy atom. The molecule has 1 unspecified atom stereocenters. The number of nitrogens with one attached hydrogen (secondary N) is 3. The van der Waals surface area contributed by atoms with Crippen LogP contribution in [0, 0.1) is 22.5 Å². The molecule has 0 aliphatic carbocycles. The molecule has 8 heteroatoms. The molecule has 0 aromatic heterocycles. The van der Waals surface area contributed by atoms with Crippen molar-refractivity contribution in [3.8, 4) is 0 Å². The first-order valence-electron chi connectivity index (χ1n) is 8.76. The number of nitrogens with zero attached hydrogens (tertiary/aromatic N) is 1. The van der Waals surface area contributed by atoms with E-state index >= 15 is 0 Å². The summed E-state index contributed by atoms with van der Waals surface area (Å²) in [6.45, 7) is 7.86. The lowest BCUT2D eigenvalue weighted by Crippen LogP contribution is -2.55. The number of thiocarbonyl (C=S) groups is 1. The summed E-state index contributed by atoms with van der Waals surface area (Å²) in [6, 6.07) is 13.3. The lowest BCUT2D eigenvalue weighted by molar-refractivity contribution is -0.384. The van der Waals surface area contributed by atoms with Crippen molar-refractivity contribution in [3.05, 3.63) is 69.8 Å². The van der Waals surface area contributed by atoms with E-state index in [0.29, 0.717) is 11.3 Å². The number of benzene rings is 2. The Balaban J connectivity index is 2.08. The maximum atomic E-state index is 12.6. The highest BCUT2D eigenvalue weighted by molar-refractivity contribution is 7.80. The van der Waals surface area contributed by atoms with E-state index in [2.05, 4.69) is 16.0 Å². The van der Waals surface area contributed by atoms with Gasteiger partial charge in [0.15, 0.2) is 5.11 Å². The van der Waals surface area contributed by atoms with E-state index in [1.165, 1.54) is 12.1 Å². The number of anilines is 1. The largest absolute Gasteiger partial charge is 0.342 e. The molecule has 0 aliphatic rings. The van der Waals surface area contributed by atoms with Crippen LogP contribution in [0.2, 0.25) is 0 Å². The van der Waals surface area contributed by atoms with Crippen LogP contribution in [0.3, 0.4) is 0 Å². The number of nitro groups is 1. The monoisotopic (exact) mass is 400 g/mol. The molecule has 0 aliphatic heterocycles. The van der Waals surface area contributed by atoms with Crippen LogP contribution in [0.5, 0.6) is 0 Å². The fourth-order valence-electron chi connectivity index (χ4n) is 2.38. The number of amides is 1. The van der Waals surface area contributed by atoms with Crippen molar-refractivity contribution in [3.63, 3.8) is 0 Å². The third-order valence-corrected chi connectivity index (χ3v) is 4.27. The maximum Gasteiger partial charge on any atom is 0.271 e. The molecule has 2 rings (SSSR count).